The largest absolute Gasteiger partial charge is 0.422 e. The van der Waals surface area contributed by atoms with E-state index in [1.807, 2.05) is 13.0 Å². The van der Waals surface area contributed by atoms with Gasteiger partial charge in [0.2, 0.25) is 0 Å². The molecule has 0 heterocycles. The second-order valence-corrected chi connectivity index (χ2v) is 5.48. The maximum absolute atomic E-state index is 12.4. The Labute approximate surface area is 67.4 Å². The zero-order valence-electron chi connectivity index (χ0n) is 6.90. The molecule has 0 saturated carbocycles. The van der Waals surface area contributed by atoms with E-state index >= 15 is 0 Å². The van der Waals surface area contributed by atoms with E-state index in [4.69, 9.17) is 5.26 Å². The van der Waals surface area contributed by atoms with Gasteiger partial charge in [0.05, 0.1) is 6.07 Å². The minimum atomic E-state index is -3.90. The van der Waals surface area contributed by atoms with Gasteiger partial charge in [0, 0.05) is 5.92 Å². The van der Waals surface area contributed by atoms with Crippen molar-refractivity contribution in [1.29, 1.82) is 5.26 Å². The van der Waals surface area contributed by atoms with Gasteiger partial charge < -0.3 is 0 Å². The molecule has 0 aliphatic heterocycles. The Kier molecular flexibility index (Phi) is 4.27. The highest BCUT2D eigenvalue weighted by molar-refractivity contribution is 6.64. The second kappa shape index (κ2) is 4.45. The third-order valence-electron chi connectivity index (χ3n) is 1.61. The molecule has 1 unspecified atom stereocenters. The molecule has 0 rings (SSSR count). The molecule has 64 valence electrons. The summed E-state index contributed by atoms with van der Waals surface area (Å²) in [5, 5.41) is 8.44. The summed E-state index contributed by atoms with van der Waals surface area (Å²) in [4.78, 5) is 0. The predicted octanol–water partition coefficient (Wildman–Crippen LogP) is 2.94. The van der Waals surface area contributed by atoms with Crippen LogP contribution in [0.5, 0.6) is 0 Å². The van der Waals surface area contributed by atoms with Crippen molar-refractivity contribution in [2.24, 2.45) is 5.92 Å². The Morgan fingerprint density at radius 3 is 2.36 bits per heavy atom. The van der Waals surface area contributed by atoms with Crippen molar-refractivity contribution in [2.75, 3.05) is 0 Å². The number of halogens is 2. The molecule has 1 nitrogen and oxygen atoms in total. The van der Waals surface area contributed by atoms with Crippen molar-refractivity contribution >= 4 is 8.74 Å². The lowest BCUT2D eigenvalue weighted by Gasteiger charge is -2.08. The van der Waals surface area contributed by atoms with Crippen LogP contribution in [-0.2, 0) is 0 Å². The summed E-state index contributed by atoms with van der Waals surface area (Å²) >= 11 is 0. The lowest BCUT2D eigenvalue weighted by Crippen LogP contribution is -2.17. The first-order chi connectivity index (χ1) is 4.99. The van der Waals surface area contributed by atoms with Crippen LogP contribution < -0.4 is 0 Å². The molecule has 0 aliphatic carbocycles. The first-order valence-corrected chi connectivity index (χ1v) is 6.23. The topological polar surface area (TPSA) is 23.8 Å². The molecule has 0 amide bonds. The van der Waals surface area contributed by atoms with Crippen molar-refractivity contribution in [1.82, 2.24) is 0 Å². The van der Waals surface area contributed by atoms with E-state index in [9.17, 15) is 8.22 Å². The normalized spacial score (nSPS) is 14.1. The van der Waals surface area contributed by atoms with E-state index in [0.717, 1.165) is 6.55 Å². The Hall–Kier alpha value is -0.433. The first-order valence-electron chi connectivity index (χ1n) is 3.77. The number of hydrogen-bond acceptors (Lipinski definition) is 1. The summed E-state index contributed by atoms with van der Waals surface area (Å²) in [5.41, 5.74) is 0. The molecule has 0 fully saturated rings. The van der Waals surface area contributed by atoms with Crippen LogP contribution in [0.3, 0.4) is 0 Å². The van der Waals surface area contributed by atoms with Crippen LogP contribution in [0.1, 0.15) is 19.8 Å². The summed E-state index contributed by atoms with van der Waals surface area (Å²) in [6.45, 7) is 2.88. The molecule has 0 aromatic rings. The van der Waals surface area contributed by atoms with Crippen molar-refractivity contribution in [2.45, 2.75) is 32.4 Å². The smallest absolute Gasteiger partial charge is 0.271 e. The van der Waals surface area contributed by atoms with E-state index in [1.165, 1.54) is 0 Å². The summed E-state index contributed by atoms with van der Waals surface area (Å²) in [6.07, 6.45) is 1.05. The lowest BCUT2D eigenvalue weighted by atomic mass is 10.1. The standard InChI is InChI=1S/C7H13F2NSi/c1-3-7(6-10)4-5-11(2,8)9/h7H,3-5H2,1-2H3. The molecule has 0 aromatic carbocycles. The first kappa shape index (κ1) is 10.6. The quantitative estimate of drug-likeness (QED) is 0.478. The Balaban J connectivity index is 3.62. The molecule has 0 aromatic heterocycles. The molecular weight excluding hydrogens is 164 g/mol. The Morgan fingerprint density at radius 1 is 1.55 bits per heavy atom. The number of hydrogen-bond donors (Lipinski definition) is 0. The van der Waals surface area contributed by atoms with Gasteiger partial charge in [0.1, 0.15) is 0 Å². The van der Waals surface area contributed by atoms with Crippen molar-refractivity contribution < 1.29 is 8.22 Å². The van der Waals surface area contributed by atoms with E-state index in [0.29, 0.717) is 12.8 Å². The van der Waals surface area contributed by atoms with Crippen LogP contribution in [0.15, 0.2) is 0 Å². The minimum Gasteiger partial charge on any atom is -0.271 e. The fourth-order valence-electron chi connectivity index (χ4n) is 0.788. The van der Waals surface area contributed by atoms with Crippen LogP contribution >= 0.6 is 0 Å². The molecule has 0 aliphatic rings. The van der Waals surface area contributed by atoms with E-state index in [2.05, 4.69) is 0 Å². The molecule has 4 heteroatoms. The number of nitrogens with zero attached hydrogens (tertiary/aromatic N) is 1. The molecule has 1 atom stereocenters. The lowest BCUT2D eigenvalue weighted by molar-refractivity contribution is 0.553. The highest BCUT2D eigenvalue weighted by Crippen LogP contribution is 2.20. The SMILES string of the molecule is CCC(C#N)CC[Si](C)(F)F. The fourth-order valence-corrected chi connectivity index (χ4v) is 1.64. The average molecular weight is 177 g/mol. The summed E-state index contributed by atoms with van der Waals surface area (Å²) < 4.78 is 24.8. The molecule has 11 heavy (non-hydrogen) atoms. The average Bonchev–Trinajstić information content (AvgIpc) is 1.88. The second-order valence-electron chi connectivity index (χ2n) is 2.84. The zero-order valence-corrected chi connectivity index (χ0v) is 7.90. The van der Waals surface area contributed by atoms with Crippen LogP contribution in [0.25, 0.3) is 0 Å². The molecule has 0 spiro atoms. The maximum atomic E-state index is 12.4. The predicted molar refractivity (Wildman–Crippen MR) is 42.7 cm³/mol. The number of rotatable bonds is 4. The summed E-state index contributed by atoms with van der Waals surface area (Å²) in [6, 6.07) is 1.97. The molecular formula is C7H13F2NSi. The van der Waals surface area contributed by atoms with Gasteiger partial charge in [-0.25, -0.2) is 0 Å². The van der Waals surface area contributed by atoms with E-state index < -0.39 is 8.74 Å². The monoisotopic (exact) mass is 177 g/mol. The van der Waals surface area contributed by atoms with Crippen LogP contribution in [0, 0.1) is 17.2 Å². The van der Waals surface area contributed by atoms with Gasteiger partial charge in [-0.1, -0.05) is 6.92 Å². The van der Waals surface area contributed by atoms with Crippen molar-refractivity contribution in [3.05, 3.63) is 0 Å². The van der Waals surface area contributed by atoms with E-state index in [1.54, 1.807) is 0 Å². The fraction of sp³-hybridized carbons (Fsp3) is 0.857. The maximum Gasteiger partial charge on any atom is 0.422 e. The van der Waals surface area contributed by atoms with E-state index in [-0.39, 0.29) is 12.0 Å². The molecule has 0 saturated heterocycles. The van der Waals surface area contributed by atoms with Crippen molar-refractivity contribution in [3.63, 3.8) is 0 Å². The summed E-state index contributed by atoms with van der Waals surface area (Å²) in [7, 11) is -3.90. The highest BCUT2D eigenvalue weighted by Gasteiger charge is 2.28. The van der Waals surface area contributed by atoms with Gasteiger partial charge >= 0.3 is 8.74 Å². The minimum absolute atomic E-state index is 0.0426. The summed E-state index contributed by atoms with van der Waals surface area (Å²) in [5.74, 6) is -0.173. The van der Waals surface area contributed by atoms with Gasteiger partial charge in [-0.2, -0.15) is 5.26 Å². The van der Waals surface area contributed by atoms with Gasteiger partial charge in [-0.3, -0.25) is 8.22 Å². The third-order valence-corrected chi connectivity index (χ3v) is 2.77. The van der Waals surface area contributed by atoms with Gasteiger partial charge in [-0.15, -0.1) is 0 Å². The molecule has 0 radical (unpaired) electrons. The molecule has 0 bridgehead atoms. The molecule has 0 N–H and O–H groups in total. The van der Waals surface area contributed by atoms with Crippen LogP contribution in [0.2, 0.25) is 12.6 Å². The van der Waals surface area contributed by atoms with Crippen molar-refractivity contribution in [3.8, 4) is 6.07 Å². The van der Waals surface area contributed by atoms with Crippen LogP contribution in [-0.4, -0.2) is 8.74 Å². The van der Waals surface area contributed by atoms with Gasteiger partial charge in [0.25, 0.3) is 0 Å². The van der Waals surface area contributed by atoms with Crippen LogP contribution in [0.4, 0.5) is 8.22 Å². The van der Waals surface area contributed by atoms with Gasteiger partial charge in [0.15, 0.2) is 0 Å². The zero-order chi connectivity index (χ0) is 8.91. The Bertz CT molecular complexity index is 148. The third kappa shape index (κ3) is 5.98. The Morgan fingerprint density at radius 2 is 2.09 bits per heavy atom. The number of nitriles is 1. The highest BCUT2D eigenvalue weighted by atomic mass is 28.4. The van der Waals surface area contributed by atoms with Gasteiger partial charge in [-0.05, 0) is 25.4 Å².